The molecule has 1 N–H and O–H groups in total. The van der Waals surface area contributed by atoms with Crippen LogP contribution in [0.25, 0.3) is 0 Å². The normalized spacial score (nSPS) is 31.1. The number of rotatable bonds is 5. The lowest BCUT2D eigenvalue weighted by Gasteiger charge is -2.27. The van der Waals surface area contributed by atoms with Gasteiger partial charge in [-0.2, -0.15) is 0 Å². The molecule has 1 saturated heterocycles. The van der Waals surface area contributed by atoms with Crippen LogP contribution in [0.3, 0.4) is 0 Å². The van der Waals surface area contributed by atoms with Gasteiger partial charge in [-0.15, -0.1) is 0 Å². The number of likely N-dealkylation sites (tertiary alicyclic amines) is 1. The molecule has 3 heteroatoms. The number of carbonyl (C=O) groups is 1. The van der Waals surface area contributed by atoms with Crippen molar-refractivity contribution in [3.63, 3.8) is 0 Å². The molecule has 1 aliphatic heterocycles. The van der Waals surface area contributed by atoms with Crippen LogP contribution >= 0.6 is 0 Å². The molecule has 1 unspecified atom stereocenters. The van der Waals surface area contributed by atoms with Crippen molar-refractivity contribution in [2.45, 2.75) is 76.3 Å². The molecule has 21 heavy (non-hydrogen) atoms. The van der Waals surface area contributed by atoms with Crippen LogP contribution in [0.2, 0.25) is 0 Å². The first-order valence-electron chi connectivity index (χ1n) is 9.36. The highest BCUT2D eigenvalue weighted by atomic mass is 16.2. The maximum absolute atomic E-state index is 12.6. The highest BCUT2D eigenvalue weighted by Gasteiger charge is 2.43. The quantitative estimate of drug-likeness (QED) is 0.844. The standard InChI is InChI=1S/C18H30N2O/c21-18(15-4-2-1-3-5-15)20-11-10-16(12-20)19-17(13-6-7-13)14-8-9-14/h13-17,19H,1-12H2. The smallest absolute Gasteiger partial charge is 0.225 e. The van der Waals surface area contributed by atoms with Crippen molar-refractivity contribution < 1.29 is 4.79 Å². The Morgan fingerprint density at radius 3 is 2.19 bits per heavy atom. The molecule has 3 aliphatic carbocycles. The zero-order valence-corrected chi connectivity index (χ0v) is 13.2. The molecule has 4 fully saturated rings. The molecule has 1 heterocycles. The van der Waals surface area contributed by atoms with E-state index in [2.05, 4.69) is 10.2 Å². The molecule has 3 nitrogen and oxygen atoms in total. The molecule has 0 bridgehead atoms. The van der Waals surface area contributed by atoms with Gasteiger partial charge in [-0.3, -0.25) is 4.79 Å². The summed E-state index contributed by atoms with van der Waals surface area (Å²) in [6.07, 6.45) is 13.1. The monoisotopic (exact) mass is 290 g/mol. The van der Waals surface area contributed by atoms with Gasteiger partial charge >= 0.3 is 0 Å². The number of carbonyl (C=O) groups excluding carboxylic acids is 1. The molecule has 0 spiro atoms. The van der Waals surface area contributed by atoms with E-state index < -0.39 is 0 Å². The molecule has 0 radical (unpaired) electrons. The molecule has 4 aliphatic rings. The van der Waals surface area contributed by atoms with Crippen molar-refractivity contribution in [2.24, 2.45) is 17.8 Å². The van der Waals surface area contributed by atoms with E-state index >= 15 is 0 Å². The Bertz CT molecular complexity index is 371. The SMILES string of the molecule is O=C(C1CCCCC1)N1CCC(NC(C2CC2)C2CC2)C1. The fraction of sp³-hybridized carbons (Fsp3) is 0.944. The second-order valence-electron chi connectivity index (χ2n) is 7.97. The van der Waals surface area contributed by atoms with Gasteiger partial charge in [0.25, 0.3) is 0 Å². The van der Waals surface area contributed by atoms with Crippen molar-refractivity contribution in [1.29, 1.82) is 0 Å². The van der Waals surface area contributed by atoms with Crippen molar-refractivity contribution in [1.82, 2.24) is 10.2 Å². The minimum Gasteiger partial charge on any atom is -0.341 e. The highest BCUT2D eigenvalue weighted by molar-refractivity contribution is 5.79. The first kappa shape index (κ1) is 14.0. The predicted molar refractivity (Wildman–Crippen MR) is 83.9 cm³/mol. The molecular formula is C18H30N2O. The lowest BCUT2D eigenvalue weighted by atomic mass is 9.88. The van der Waals surface area contributed by atoms with Gasteiger partial charge in [-0.25, -0.2) is 0 Å². The average molecular weight is 290 g/mol. The molecule has 0 aromatic carbocycles. The number of amides is 1. The second-order valence-corrected chi connectivity index (χ2v) is 7.97. The Balaban J connectivity index is 1.28. The molecule has 1 atom stereocenters. The van der Waals surface area contributed by atoms with Crippen molar-refractivity contribution in [3.8, 4) is 0 Å². The van der Waals surface area contributed by atoms with E-state index in [1.807, 2.05) is 0 Å². The van der Waals surface area contributed by atoms with E-state index in [1.165, 1.54) is 51.4 Å². The van der Waals surface area contributed by atoms with Crippen LogP contribution < -0.4 is 5.32 Å². The summed E-state index contributed by atoms with van der Waals surface area (Å²) in [5.41, 5.74) is 0. The minimum atomic E-state index is 0.347. The fourth-order valence-corrected chi connectivity index (χ4v) is 4.54. The second kappa shape index (κ2) is 5.91. The molecule has 1 amide bonds. The van der Waals surface area contributed by atoms with E-state index in [0.29, 0.717) is 17.9 Å². The lowest BCUT2D eigenvalue weighted by molar-refractivity contribution is -0.135. The highest BCUT2D eigenvalue weighted by Crippen LogP contribution is 2.45. The maximum Gasteiger partial charge on any atom is 0.225 e. The van der Waals surface area contributed by atoms with Gasteiger partial charge in [0.05, 0.1) is 0 Å². The van der Waals surface area contributed by atoms with Gasteiger partial charge in [0.1, 0.15) is 0 Å². The third-order valence-electron chi connectivity index (χ3n) is 6.14. The van der Waals surface area contributed by atoms with Crippen LogP contribution in [-0.4, -0.2) is 36.0 Å². The van der Waals surface area contributed by atoms with Gasteiger partial charge in [0.15, 0.2) is 0 Å². The third-order valence-corrected chi connectivity index (χ3v) is 6.14. The van der Waals surface area contributed by atoms with Crippen molar-refractivity contribution >= 4 is 5.91 Å². The predicted octanol–water partition coefficient (Wildman–Crippen LogP) is 2.95. The van der Waals surface area contributed by atoms with Gasteiger partial charge in [0, 0.05) is 31.1 Å². The van der Waals surface area contributed by atoms with Crippen LogP contribution in [0, 0.1) is 17.8 Å². The summed E-state index contributed by atoms with van der Waals surface area (Å²) in [6, 6.07) is 1.35. The number of hydrogen-bond donors (Lipinski definition) is 1. The number of hydrogen-bond acceptors (Lipinski definition) is 2. The fourth-order valence-electron chi connectivity index (χ4n) is 4.54. The van der Waals surface area contributed by atoms with E-state index in [1.54, 1.807) is 0 Å². The van der Waals surface area contributed by atoms with Crippen molar-refractivity contribution in [2.75, 3.05) is 13.1 Å². The Hall–Kier alpha value is -0.570. The summed E-state index contributed by atoms with van der Waals surface area (Å²) in [4.78, 5) is 14.8. The zero-order valence-electron chi connectivity index (χ0n) is 13.2. The molecular weight excluding hydrogens is 260 g/mol. The van der Waals surface area contributed by atoms with Gasteiger partial charge < -0.3 is 10.2 Å². The van der Waals surface area contributed by atoms with Gasteiger partial charge in [-0.05, 0) is 56.8 Å². The van der Waals surface area contributed by atoms with Crippen LogP contribution in [0.1, 0.15) is 64.2 Å². The first-order valence-corrected chi connectivity index (χ1v) is 9.36. The molecule has 3 saturated carbocycles. The molecule has 118 valence electrons. The average Bonchev–Trinajstić information content (AvgIpc) is 3.45. The summed E-state index contributed by atoms with van der Waals surface area (Å²) in [7, 11) is 0. The van der Waals surface area contributed by atoms with Crippen LogP contribution in [0.4, 0.5) is 0 Å². The van der Waals surface area contributed by atoms with Crippen LogP contribution in [-0.2, 0) is 4.79 Å². The maximum atomic E-state index is 12.6. The van der Waals surface area contributed by atoms with Gasteiger partial charge in [0.2, 0.25) is 5.91 Å². The number of nitrogens with one attached hydrogen (secondary N) is 1. The van der Waals surface area contributed by atoms with E-state index in [4.69, 9.17) is 0 Å². The lowest BCUT2D eigenvalue weighted by Crippen LogP contribution is -2.44. The Morgan fingerprint density at radius 2 is 1.57 bits per heavy atom. The summed E-state index contributed by atoms with van der Waals surface area (Å²) in [5.74, 6) is 2.73. The Kier molecular flexibility index (Phi) is 3.95. The Morgan fingerprint density at radius 1 is 0.905 bits per heavy atom. The summed E-state index contributed by atoms with van der Waals surface area (Å²) >= 11 is 0. The Labute approximate surface area is 128 Å². The number of nitrogens with zero attached hydrogens (tertiary/aromatic N) is 1. The van der Waals surface area contributed by atoms with E-state index in [9.17, 15) is 4.79 Å². The van der Waals surface area contributed by atoms with Crippen LogP contribution in [0.15, 0.2) is 0 Å². The minimum absolute atomic E-state index is 0.347. The zero-order chi connectivity index (χ0) is 14.2. The molecule has 0 aromatic rings. The molecule has 4 rings (SSSR count). The van der Waals surface area contributed by atoms with Crippen molar-refractivity contribution in [3.05, 3.63) is 0 Å². The third kappa shape index (κ3) is 3.28. The van der Waals surface area contributed by atoms with Crippen LogP contribution in [0.5, 0.6) is 0 Å². The van der Waals surface area contributed by atoms with E-state index in [0.717, 1.165) is 43.8 Å². The summed E-state index contributed by atoms with van der Waals surface area (Å²) in [6.45, 7) is 1.97. The van der Waals surface area contributed by atoms with E-state index in [-0.39, 0.29) is 0 Å². The summed E-state index contributed by atoms with van der Waals surface area (Å²) in [5, 5.41) is 3.93. The first-order chi connectivity index (χ1) is 10.3. The summed E-state index contributed by atoms with van der Waals surface area (Å²) < 4.78 is 0. The molecule has 0 aromatic heterocycles. The largest absolute Gasteiger partial charge is 0.341 e. The topological polar surface area (TPSA) is 32.3 Å². The van der Waals surface area contributed by atoms with Gasteiger partial charge in [-0.1, -0.05) is 19.3 Å².